The highest BCUT2D eigenvalue weighted by atomic mass is 16.5. The Morgan fingerprint density at radius 1 is 1.31 bits per heavy atom. The fourth-order valence-corrected chi connectivity index (χ4v) is 2.45. The molecule has 0 aromatic rings. The van der Waals surface area contributed by atoms with Crippen LogP contribution in [-0.2, 0) is 4.74 Å². The van der Waals surface area contributed by atoms with Gasteiger partial charge in [0.15, 0.2) is 0 Å². The third-order valence-electron chi connectivity index (χ3n) is 3.95. The fraction of sp³-hybridized carbons (Fsp3) is 0.733. The lowest BCUT2D eigenvalue weighted by Crippen LogP contribution is -2.10. The molecule has 0 saturated heterocycles. The SMILES string of the molecule is CCC1CC(C)=C(OCCC2CC2)C=C1C. The molecule has 2 aliphatic carbocycles. The van der Waals surface area contributed by atoms with E-state index in [2.05, 4.69) is 26.8 Å². The Balaban J connectivity index is 1.87. The standard InChI is InChI=1S/C15H24O/c1-4-14-9-12(3)15(10-11(14)2)16-8-7-13-5-6-13/h10,13-14H,4-9H2,1-3H3. The van der Waals surface area contributed by atoms with Crippen molar-refractivity contribution >= 4 is 0 Å². The highest BCUT2D eigenvalue weighted by Gasteiger charge is 2.22. The molecule has 1 unspecified atom stereocenters. The van der Waals surface area contributed by atoms with Gasteiger partial charge in [0.1, 0.15) is 5.76 Å². The zero-order valence-corrected chi connectivity index (χ0v) is 10.9. The lowest BCUT2D eigenvalue weighted by Gasteiger charge is -2.24. The molecule has 0 spiro atoms. The summed E-state index contributed by atoms with van der Waals surface area (Å²) in [6.07, 6.45) is 8.80. The molecule has 1 atom stereocenters. The maximum atomic E-state index is 5.91. The van der Waals surface area contributed by atoms with Gasteiger partial charge in [0, 0.05) is 0 Å². The fourth-order valence-electron chi connectivity index (χ4n) is 2.45. The first-order chi connectivity index (χ1) is 7.70. The summed E-state index contributed by atoms with van der Waals surface area (Å²) in [5.74, 6) is 2.87. The van der Waals surface area contributed by atoms with Gasteiger partial charge in [-0.15, -0.1) is 0 Å². The first kappa shape index (κ1) is 11.8. The highest BCUT2D eigenvalue weighted by Crippen LogP contribution is 2.34. The largest absolute Gasteiger partial charge is 0.494 e. The van der Waals surface area contributed by atoms with Crippen molar-refractivity contribution in [3.63, 3.8) is 0 Å². The van der Waals surface area contributed by atoms with E-state index in [1.807, 2.05) is 0 Å². The van der Waals surface area contributed by atoms with Gasteiger partial charge in [0.25, 0.3) is 0 Å². The van der Waals surface area contributed by atoms with Gasteiger partial charge in [-0.1, -0.05) is 25.3 Å². The molecule has 0 aromatic carbocycles. The molecule has 0 aliphatic heterocycles. The quantitative estimate of drug-likeness (QED) is 0.665. The van der Waals surface area contributed by atoms with Gasteiger partial charge in [-0.2, -0.15) is 0 Å². The van der Waals surface area contributed by atoms with E-state index in [4.69, 9.17) is 4.74 Å². The number of allylic oxidation sites excluding steroid dienone is 3. The van der Waals surface area contributed by atoms with Gasteiger partial charge in [0.2, 0.25) is 0 Å². The first-order valence-electron chi connectivity index (χ1n) is 6.71. The van der Waals surface area contributed by atoms with Gasteiger partial charge >= 0.3 is 0 Å². The molecule has 1 saturated carbocycles. The number of ether oxygens (including phenoxy) is 1. The molecular formula is C15H24O. The van der Waals surface area contributed by atoms with Gasteiger partial charge in [-0.25, -0.2) is 0 Å². The van der Waals surface area contributed by atoms with Crippen LogP contribution in [0.1, 0.15) is 52.9 Å². The van der Waals surface area contributed by atoms with E-state index in [1.54, 1.807) is 0 Å². The number of rotatable bonds is 5. The second kappa shape index (κ2) is 5.07. The molecule has 1 fully saturated rings. The monoisotopic (exact) mass is 220 g/mol. The van der Waals surface area contributed by atoms with Crippen LogP contribution in [0.25, 0.3) is 0 Å². The molecule has 2 rings (SSSR count). The minimum Gasteiger partial charge on any atom is -0.494 e. The first-order valence-corrected chi connectivity index (χ1v) is 6.71. The second-order valence-electron chi connectivity index (χ2n) is 5.42. The summed E-state index contributed by atoms with van der Waals surface area (Å²) in [5, 5.41) is 0. The van der Waals surface area contributed by atoms with Crippen LogP contribution in [0.15, 0.2) is 23.0 Å². The van der Waals surface area contributed by atoms with Crippen LogP contribution in [0.4, 0.5) is 0 Å². The van der Waals surface area contributed by atoms with Crippen molar-refractivity contribution in [3.8, 4) is 0 Å². The Labute approximate surface area is 99.6 Å². The van der Waals surface area contributed by atoms with Crippen molar-refractivity contribution in [1.29, 1.82) is 0 Å². The molecular weight excluding hydrogens is 196 g/mol. The summed E-state index contributed by atoms with van der Waals surface area (Å²) < 4.78 is 5.91. The predicted molar refractivity (Wildman–Crippen MR) is 68.1 cm³/mol. The van der Waals surface area contributed by atoms with Crippen LogP contribution >= 0.6 is 0 Å². The van der Waals surface area contributed by atoms with Crippen LogP contribution < -0.4 is 0 Å². The van der Waals surface area contributed by atoms with Crippen LogP contribution in [0.5, 0.6) is 0 Å². The third kappa shape index (κ3) is 2.90. The van der Waals surface area contributed by atoms with Gasteiger partial charge < -0.3 is 4.74 Å². The molecule has 16 heavy (non-hydrogen) atoms. The molecule has 2 aliphatic rings. The summed E-state index contributed by atoms with van der Waals surface area (Å²) in [7, 11) is 0. The average molecular weight is 220 g/mol. The van der Waals surface area contributed by atoms with Crippen LogP contribution in [0.3, 0.4) is 0 Å². The maximum absolute atomic E-state index is 5.91. The minimum absolute atomic E-state index is 0.746. The Morgan fingerprint density at radius 2 is 2.06 bits per heavy atom. The molecule has 1 heteroatoms. The number of hydrogen-bond donors (Lipinski definition) is 0. The van der Waals surface area contributed by atoms with Crippen molar-refractivity contribution in [3.05, 3.63) is 23.0 Å². The summed E-state index contributed by atoms with van der Waals surface area (Å²) in [6, 6.07) is 0. The minimum atomic E-state index is 0.746. The Kier molecular flexibility index (Phi) is 3.73. The molecule has 0 amide bonds. The van der Waals surface area contributed by atoms with Crippen molar-refractivity contribution in [1.82, 2.24) is 0 Å². The topological polar surface area (TPSA) is 9.23 Å². The van der Waals surface area contributed by atoms with E-state index in [-0.39, 0.29) is 0 Å². The van der Waals surface area contributed by atoms with Crippen molar-refractivity contribution in [2.45, 2.75) is 52.9 Å². The molecule has 0 heterocycles. The van der Waals surface area contributed by atoms with Gasteiger partial charge in [-0.05, 0) is 56.6 Å². The molecule has 90 valence electrons. The summed E-state index contributed by atoms with van der Waals surface area (Å²) in [5.41, 5.74) is 2.93. The van der Waals surface area contributed by atoms with E-state index < -0.39 is 0 Å². The molecule has 0 radical (unpaired) electrons. The lowest BCUT2D eigenvalue weighted by atomic mass is 9.86. The zero-order valence-electron chi connectivity index (χ0n) is 10.9. The van der Waals surface area contributed by atoms with Crippen molar-refractivity contribution < 1.29 is 4.74 Å². The zero-order chi connectivity index (χ0) is 11.5. The van der Waals surface area contributed by atoms with Gasteiger partial charge in [0.05, 0.1) is 6.61 Å². The van der Waals surface area contributed by atoms with Crippen molar-refractivity contribution in [2.75, 3.05) is 6.61 Å². The Bertz CT molecular complexity index is 307. The third-order valence-corrected chi connectivity index (χ3v) is 3.95. The normalized spacial score (nSPS) is 25.7. The van der Waals surface area contributed by atoms with E-state index in [9.17, 15) is 0 Å². The summed E-state index contributed by atoms with van der Waals surface area (Å²) in [6.45, 7) is 7.65. The maximum Gasteiger partial charge on any atom is 0.118 e. The van der Waals surface area contributed by atoms with Crippen LogP contribution in [0.2, 0.25) is 0 Å². The van der Waals surface area contributed by atoms with E-state index in [0.717, 1.165) is 24.2 Å². The van der Waals surface area contributed by atoms with Crippen LogP contribution in [0, 0.1) is 11.8 Å². The number of hydrogen-bond acceptors (Lipinski definition) is 1. The predicted octanol–water partition coefficient (Wildman–Crippen LogP) is 4.45. The average Bonchev–Trinajstić information content (AvgIpc) is 3.06. The van der Waals surface area contributed by atoms with E-state index in [0.29, 0.717) is 0 Å². The highest BCUT2D eigenvalue weighted by molar-refractivity contribution is 5.29. The Hall–Kier alpha value is -0.720. The molecule has 0 N–H and O–H groups in total. The summed E-state index contributed by atoms with van der Waals surface area (Å²) >= 11 is 0. The van der Waals surface area contributed by atoms with E-state index >= 15 is 0 Å². The van der Waals surface area contributed by atoms with Crippen LogP contribution in [-0.4, -0.2) is 6.61 Å². The summed E-state index contributed by atoms with van der Waals surface area (Å²) in [4.78, 5) is 0. The lowest BCUT2D eigenvalue weighted by molar-refractivity contribution is 0.207. The Morgan fingerprint density at radius 3 is 2.69 bits per heavy atom. The smallest absolute Gasteiger partial charge is 0.118 e. The second-order valence-corrected chi connectivity index (χ2v) is 5.42. The molecule has 1 nitrogen and oxygen atoms in total. The molecule has 0 bridgehead atoms. The van der Waals surface area contributed by atoms with Crippen molar-refractivity contribution in [2.24, 2.45) is 11.8 Å². The van der Waals surface area contributed by atoms with E-state index in [1.165, 1.54) is 43.3 Å². The van der Waals surface area contributed by atoms with Gasteiger partial charge in [-0.3, -0.25) is 0 Å². The molecule has 0 aromatic heterocycles.